The highest BCUT2D eigenvalue weighted by molar-refractivity contribution is 6.30. The van der Waals surface area contributed by atoms with Crippen LogP contribution in [0.25, 0.3) is 0 Å². The molecule has 1 N–H and O–H groups in total. The molecule has 0 amide bonds. The monoisotopic (exact) mass is 311 g/mol. The summed E-state index contributed by atoms with van der Waals surface area (Å²) in [6.07, 6.45) is 3.70. The van der Waals surface area contributed by atoms with Crippen LogP contribution in [0.3, 0.4) is 0 Å². The van der Waals surface area contributed by atoms with Crippen molar-refractivity contribution in [1.82, 2.24) is 15.2 Å². The van der Waals surface area contributed by atoms with E-state index in [1.54, 1.807) is 6.20 Å². The molecule has 2 aromatic rings. The Hall–Kier alpha value is -1.86. The van der Waals surface area contributed by atoms with Crippen LogP contribution in [0.15, 0.2) is 48.8 Å². The van der Waals surface area contributed by atoms with Gasteiger partial charge in [-0.3, -0.25) is 9.88 Å². The highest BCUT2D eigenvalue weighted by Crippen LogP contribution is 2.20. The van der Waals surface area contributed by atoms with E-state index in [0.29, 0.717) is 5.02 Å². The highest BCUT2D eigenvalue weighted by Gasteiger charge is 2.20. The number of nitrogens with one attached hydrogen (secondary N) is 1. The maximum atomic E-state index is 6.03. The molecule has 0 bridgehead atoms. The van der Waals surface area contributed by atoms with Crippen LogP contribution in [0.1, 0.15) is 17.2 Å². The highest BCUT2D eigenvalue weighted by atomic mass is 35.5. The summed E-state index contributed by atoms with van der Waals surface area (Å²) in [4.78, 5) is 6.63. The second kappa shape index (κ2) is 7.42. The number of nitrogens with zero attached hydrogens (tertiary/aromatic N) is 2. The van der Waals surface area contributed by atoms with Crippen LogP contribution in [-0.2, 0) is 0 Å². The fourth-order valence-corrected chi connectivity index (χ4v) is 2.77. The topological polar surface area (TPSA) is 28.2 Å². The predicted octanol–water partition coefficient (Wildman–Crippen LogP) is 2.73. The Labute approximate surface area is 136 Å². The number of rotatable bonds is 2. The van der Waals surface area contributed by atoms with Crippen molar-refractivity contribution < 1.29 is 0 Å². The zero-order valence-corrected chi connectivity index (χ0v) is 13.1. The molecule has 0 spiro atoms. The average Bonchev–Trinajstić information content (AvgIpc) is 2.57. The largest absolute Gasteiger partial charge is 0.314 e. The Morgan fingerprint density at radius 1 is 1.18 bits per heavy atom. The van der Waals surface area contributed by atoms with Crippen molar-refractivity contribution in [3.05, 3.63) is 64.9 Å². The van der Waals surface area contributed by atoms with Gasteiger partial charge < -0.3 is 5.32 Å². The summed E-state index contributed by atoms with van der Waals surface area (Å²) in [6.45, 7) is 3.97. The minimum absolute atomic E-state index is 0.0646. The molecule has 112 valence electrons. The van der Waals surface area contributed by atoms with Gasteiger partial charge in [-0.05, 0) is 29.8 Å². The van der Waals surface area contributed by atoms with Gasteiger partial charge in [0.1, 0.15) is 0 Å². The maximum absolute atomic E-state index is 6.03. The third-order valence-electron chi connectivity index (χ3n) is 3.69. The summed E-state index contributed by atoms with van der Waals surface area (Å²) in [5.41, 5.74) is 2.08. The number of piperazine rings is 1. The molecule has 2 heterocycles. The number of aromatic nitrogens is 1. The lowest BCUT2D eigenvalue weighted by atomic mass is 10.1. The molecule has 1 atom stereocenters. The van der Waals surface area contributed by atoms with Crippen molar-refractivity contribution in [2.45, 2.75) is 6.04 Å². The van der Waals surface area contributed by atoms with E-state index in [-0.39, 0.29) is 6.04 Å². The Bertz CT molecular complexity index is 669. The van der Waals surface area contributed by atoms with Crippen LogP contribution in [0.2, 0.25) is 5.02 Å². The smallest absolute Gasteiger partial charge is 0.0990 e. The lowest BCUT2D eigenvalue weighted by molar-refractivity contribution is 0.208. The zero-order valence-electron chi connectivity index (χ0n) is 12.3. The minimum atomic E-state index is 0.0646. The maximum Gasteiger partial charge on any atom is 0.0990 e. The van der Waals surface area contributed by atoms with E-state index in [1.807, 2.05) is 36.5 Å². The molecule has 0 radical (unpaired) electrons. The Morgan fingerprint density at radius 3 is 2.77 bits per heavy atom. The second-order valence-electron chi connectivity index (χ2n) is 5.25. The van der Waals surface area contributed by atoms with E-state index < -0.39 is 0 Å². The standard InChI is InChI=1S/C18H18ClN3/c19-17-5-1-3-15(13-17)6-7-18(16-4-2-8-21-14-16)22-11-9-20-10-12-22/h1-5,8,13-14,18,20H,9-12H2. The summed E-state index contributed by atoms with van der Waals surface area (Å²) < 4.78 is 0. The van der Waals surface area contributed by atoms with Gasteiger partial charge in [-0.25, -0.2) is 0 Å². The van der Waals surface area contributed by atoms with E-state index >= 15 is 0 Å². The molecule has 22 heavy (non-hydrogen) atoms. The lowest BCUT2D eigenvalue weighted by Gasteiger charge is -2.32. The molecular formula is C18H18ClN3. The SMILES string of the molecule is Clc1cccc(C#CC(c2cccnc2)N2CCNCC2)c1. The van der Waals surface area contributed by atoms with Crippen molar-refractivity contribution in [2.75, 3.05) is 26.2 Å². The first-order valence-electron chi connectivity index (χ1n) is 7.45. The summed E-state index contributed by atoms with van der Waals surface area (Å²) in [5.74, 6) is 6.66. The number of benzene rings is 1. The summed E-state index contributed by atoms with van der Waals surface area (Å²) in [7, 11) is 0. The summed E-state index contributed by atoms with van der Waals surface area (Å²) in [6, 6.07) is 11.8. The number of hydrogen-bond acceptors (Lipinski definition) is 3. The quantitative estimate of drug-likeness (QED) is 0.864. The fraction of sp³-hybridized carbons (Fsp3) is 0.278. The number of halogens is 1. The van der Waals surface area contributed by atoms with Crippen LogP contribution in [0.4, 0.5) is 0 Å². The van der Waals surface area contributed by atoms with E-state index in [4.69, 9.17) is 11.6 Å². The minimum Gasteiger partial charge on any atom is -0.314 e. The van der Waals surface area contributed by atoms with Gasteiger partial charge in [-0.2, -0.15) is 0 Å². The van der Waals surface area contributed by atoms with Crippen LogP contribution in [0.5, 0.6) is 0 Å². The first-order chi connectivity index (χ1) is 10.8. The van der Waals surface area contributed by atoms with Gasteiger partial charge in [0.2, 0.25) is 0 Å². The van der Waals surface area contributed by atoms with Gasteiger partial charge >= 0.3 is 0 Å². The third-order valence-corrected chi connectivity index (χ3v) is 3.93. The molecule has 1 unspecified atom stereocenters. The average molecular weight is 312 g/mol. The summed E-state index contributed by atoms with van der Waals surface area (Å²) in [5, 5.41) is 4.09. The number of pyridine rings is 1. The molecule has 1 aliphatic heterocycles. The van der Waals surface area contributed by atoms with E-state index in [1.165, 1.54) is 0 Å². The molecule has 0 aliphatic carbocycles. The molecular weight excluding hydrogens is 294 g/mol. The first-order valence-corrected chi connectivity index (χ1v) is 7.82. The third kappa shape index (κ3) is 3.86. The summed E-state index contributed by atoms with van der Waals surface area (Å²) >= 11 is 6.03. The van der Waals surface area contributed by atoms with E-state index in [0.717, 1.165) is 37.3 Å². The Balaban J connectivity index is 1.89. The van der Waals surface area contributed by atoms with Crippen molar-refractivity contribution in [3.63, 3.8) is 0 Å². The van der Waals surface area contributed by atoms with Gasteiger partial charge in [0.05, 0.1) is 6.04 Å². The molecule has 1 aromatic carbocycles. The van der Waals surface area contributed by atoms with Gasteiger partial charge in [0, 0.05) is 49.2 Å². The number of hydrogen-bond donors (Lipinski definition) is 1. The van der Waals surface area contributed by atoms with E-state index in [2.05, 4.69) is 33.1 Å². The molecule has 1 fully saturated rings. The predicted molar refractivity (Wildman–Crippen MR) is 89.8 cm³/mol. The van der Waals surface area contributed by atoms with Crippen molar-refractivity contribution in [3.8, 4) is 11.8 Å². The normalized spacial score (nSPS) is 16.6. The molecule has 3 nitrogen and oxygen atoms in total. The van der Waals surface area contributed by atoms with Gasteiger partial charge in [-0.1, -0.05) is 35.6 Å². The van der Waals surface area contributed by atoms with Crippen LogP contribution < -0.4 is 5.32 Å². The van der Waals surface area contributed by atoms with Crippen molar-refractivity contribution in [2.24, 2.45) is 0 Å². The zero-order chi connectivity index (χ0) is 15.2. The second-order valence-corrected chi connectivity index (χ2v) is 5.69. The fourth-order valence-electron chi connectivity index (χ4n) is 2.58. The first kappa shape index (κ1) is 15.1. The van der Waals surface area contributed by atoms with Gasteiger partial charge in [-0.15, -0.1) is 0 Å². The Morgan fingerprint density at radius 2 is 2.05 bits per heavy atom. The molecule has 1 aromatic heterocycles. The lowest BCUT2D eigenvalue weighted by Crippen LogP contribution is -2.44. The van der Waals surface area contributed by atoms with Crippen LogP contribution >= 0.6 is 11.6 Å². The van der Waals surface area contributed by atoms with Gasteiger partial charge in [0.25, 0.3) is 0 Å². The van der Waals surface area contributed by atoms with Crippen molar-refractivity contribution in [1.29, 1.82) is 0 Å². The Kier molecular flexibility index (Phi) is 5.07. The van der Waals surface area contributed by atoms with Gasteiger partial charge in [0.15, 0.2) is 0 Å². The van der Waals surface area contributed by atoms with Crippen LogP contribution in [0, 0.1) is 11.8 Å². The molecule has 1 saturated heterocycles. The molecule has 4 heteroatoms. The molecule has 1 aliphatic rings. The molecule has 3 rings (SSSR count). The van der Waals surface area contributed by atoms with Crippen LogP contribution in [-0.4, -0.2) is 36.1 Å². The van der Waals surface area contributed by atoms with Crippen molar-refractivity contribution >= 4 is 11.6 Å². The molecule has 0 saturated carbocycles. The van der Waals surface area contributed by atoms with E-state index in [9.17, 15) is 0 Å².